The van der Waals surface area contributed by atoms with Gasteiger partial charge in [-0.15, -0.1) is 0 Å². The largest absolute Gasteiger partial charge is 0.380 e. The summed E-state index contributed by atoms with van der Waals surface area (Å²) in [4.78, 5) is 0. The predicted octanol–water partition coefficient (Wildman–Crippen LogP) is 0.460. The van der Waals surface area contributed by atoms with E-state index in [4.69, 9.17) is 16.9 Å². The highest BCUT2D eigenvalue weighted by molar-refractivity contribution is 5.41. The topological polar surface area (TPSA) is 105 Å². The molecule has 0 saturated heterocycles. The smallest absolute Gasteiger partial charge is 0.170 e. The van der Waals surface area contributed by atoms with Crippen LogP contribution in [0.2, 0.25) is 0 Å². The van der Waals surface area contributed by atoms with Gasteiger partial charge in [0.15, 0.2) is 5.49 Å². The molecule has 0 spiro atoms. The highest BCUT2D eigenvalue weighted by Crippen LogP contribution is 2.07. The van der Waals surface area contributed by atoms with Crippen LogP contribution in [0.5, 0.6) is 0 Å². The number of hydrogen-bond acceptors (Lipinski definition) is 5. The van der Waals surface area contributed by atoms with Gasteiger partial charge in [0.05, 0.1) is 23.5 Å². The number of hydrogen-bond donors (Lipinski definition) is 3. The SMILES string of the molecule is N#Cc1ccc(CNc2cc/c(=N/N)n(N)c2)cc1. The van der Waals surface area contributed by atoms with Crippen molar-refractivity contribution in [3.05, 3.63) is 59.2 Å². The Bertz CT molecular complexity index is 663. The number of anilines is 1. The van der Waals surface area contributed by atoms with Gasteiger partial charge < -0.3 is 17.0 Å². The van der Waals surface area contributed by atoms with Crippen molar-refractivity contribution >= 4 is 5.69 Å². The lowest BCUT2D eigenvalue weighted by Crippen LogP contribution is -2.28. The van der Waals surface area contributed by atoms with Crippen LogP contribution in [0, 0.1) is 11.3 Å². The normalized spacial score (nSPS) is 11.0. The van der Waals surface area contributed by atoms with E-state index in [0.29, 0.717) is 17.6 Å². The highest BCUT2D eigenvalue weighted by Gasteiger charge is 1.96. The Hall–Kier alpha value is -2.94. The van der Waals surface area contributed by atoms with E-state index in [2.05, 4.69) is 16.5 Å². The first-order valence-electron chi connectivity index (χ1n) is 5.67. The molecule has 0 radical (unpaired) electrons. The highest BCUT2D eigenvalue weighted by atomic mass is 15.3. The molecule has 6 heteroatoms. The number of pyridine rings is 1. The van der Waals surface area contributed by atoms with Gasteiger partial charge >= 0.3 is 0 Å². The van der Waals surface area contributed by atoms with E-state index < -0.39 is 0 Å². The number of rotatable bonds is 3. The molecule has 19 heavy (non-hydrogen) atoms. The van der Waals surface area contributed by atoms with E-state index in [9.17, 15) is 0 Å². The molecule has 2 rings (SSSR count). The minimum Gasteiger partial charge on any atom is -0.380 e. The van der Waals surface area contributed by atoms with Crippen LogP contribution in [0.1, 0.15) is 11.1 Å². The van der Waals surface area contributed by atoms with Crippen molar-refractivity contribution in [3.8, 4) is 6.07 Å². The summed E-state index contributed by atoms with van der Waals surface area (Å²) >= 11 is 0. The Morgan fingerprint density at radius 3 is 2.53 bits per heavy atom. The molecule has 1 aromatic heterocycles. The molecule has 0 unspecified atom stereocenters. The van der Waals surface area contributed by atoms with Gasteiger partial charge in [0.2, 0.25) is 0 Å². The van der Waals surface area contributed by atoms with Gasteiger partial charge in [-0.05, 0) is 29.8 Å². The maximum absolute atomic E-state index is 8.71. The van der Waals surface area contributed by atoms with Gasteiger partial charge in [-0.1, -0.05) is 12.1 Å². The number of nitriles is 1. The summed E-state index contributed by atoms with van der Waals surface area (Å²) < 4.78 is 1.35. The molecule has 0 aliphatic rings. The standard InChI is InChI=1S/C13H14N6/c14-7-10-1-3-11(4-2-10)8-17-12-5-6-13(18-15)19(16)9-12/h1-6,9,17H,8,15-16H2/b18-13-. The summed E-state index contributed by atoms with van der Waals surface area (Å²) in [6.45, 7) is 0.644. The van der Waals surface area contributed by atoms with Gasteiger partial charge in [0.25, 0.3) is 0 Å². The third-order valence-electron chi connectivity index (χ3n) is 2.67. The predicted molar refractivity (Wildman–Crippen MR) is 72.8 cm³/mol. The second-order valence-corrected chi connectivity index (χ2v) is 3.97. The summed E-state index contributed by atoms with van der Waals surface area (Å²) in [5.41, 5.74) is 3.08. The molecule has 2 aromatic rings. The van der Waals surface area contributed by atoms with E-state index in [1.54, 1.807) is 24.4 Å². The molecule has 0 aliphatic heterocycles. The number of nitrogen functional groups attached to an aromatic ring is 1. The van der Waals surface area contributed by atoms with Crippen LogP contribution >= 0.6 is 0 Å². The second kappa shape index (κ2) is 5.60. The molecule has 5 N–H and O–H groups in total. The lowest BCUT2D eigenvalue weighted by Gasteiger charge is -2.08. The maximum Gasteiger partial charge on any atom is 0.170 e. The Balaban J connectivity index is 2.06. The molecular formula is C13H14N6. The number of aromatic nitrogens is 1. The van der Waals surface area contributed by atoms with Crippen molar-refractivity contribution in [1.82, 2.24) is 4.68 Å². The first-order chi connectivity index (χ1) is 9.22. The molecule has 1 aromatic carbocycles. The van der Waals surface area contributed by atoms with Crippen LogP contribution in [0.3, 0.4) is 0 Å². The quantitative estimate of drug-likeness (QED) is 0.546. The van der Waals surface area contributed by atoms with E-state index in [-0.39, 0.29) is 0 Å². The zero-order valence-electron chi connectivity index (χ0n) is 10.2. The van der Waals surface area contributed by atoms with Gasteiger partial charge in [-0.25, -0.2) is 4.68 Å². The van der Waals surface area contributed by atoms with Crippen molar-refractivity contribution in [1.29, 1.82) is 5.26 Å². The van der Waals surface area contributed by atoms with Crippen LogP contribution in [-0.2, 0) is 6.54 Å². The van der Waals surface area contributed by atoms with Crippen LogP contribution in [0.25, 0.3) is 0 Å². The molecule has 1 heterocycles. The molecule has 6 nitrogen and oxygen atoms in total. The molecule has 0 fully saturated rings. The summed E-state index contributed by atoms with van der Waals surface area (Å²) in [6, 6.07) is 13.0. The van der Waals surface area contributed by atoms with Crippen molar-refractivity contribution < 1.29 is 0 Å². The van der Waals surface area contributed by atoms with E-state index >= 15 is 0 Å². The third-order valence-corrected chi connectivity index (χ3v) is 2.67. The number of nitrogens with zero attached hydrogens (tertiary/aromatic N) is 3. The lowest BCUT2D eigenvalue weighted by molar-refractivity contribution is 0.873. The fourth-order valence-corrected chi connectivity index (χ4v) is 1.62. The van der Waals surface area contributed by atoms with E-state index in [0.717, 1.165) is 11.3 Å². The average Bonchev–Trinajstić information content (AvgIpc) is 2.46. The fraction of sp³-hybridized carbons (Fsp3) is 0.0769. The lowest BCUT2D eigenvalue weighted by atomic mass is 10.1. The second-order valence-electron chi connectivity index (χ2n) is 3.97. The molecule has 0 aliphatic carbocycles. The molecule has 0 atom stereocenters. The van der Waals surface area contributed by atoms with Gasteiger partial charge in [-0.3, -0.25) is 0 Å². The first kappa shape index (κ1) is 12.5. The van der Waals surface area contributed by atoms with Gasteiger partial charge in [0, 0.05) is 6.54 Å². The minimum absolute atomic E-state index is 0.490. The van der Waals surface area contributed by atoms with Crippen molar-refractivity contribution in [2.45, 2.75) is 6.54 Å². The van der Waals surface area contributed by atoms with Crippen molar-refractivity contribution in [2.24, 2.45) is 10.9 Å². The molecule has 0 bridgehead atoms. The zero-order valence-corrected chi connectivity index (χ0v) is 10.2. The number of nitrogens with two attached hydrogens (primary N) is 2. The van der Waals surface area contributed by atoms with Crippen LogP contribution in [0.15, 0.2) is 47.7 Å². The summed E-state index contributed by atoms with van der Waals surface area (Å²) in [5.74, 6) is 10.9. The van der Waals surface area contributed by atoms with Crippen molar-refractivity contribution in [2.75, 3.05) is 11.2 Å². The molecule has 0 amide bonds. The molecule has 0 saturated carbocycles. The molecule has 96 valence electrons. The van der Waals surface area contributed by atoms with Gasteiger partial charge in [0.1, 0.15) is 0 Å². The third kappa shape index (κ3) is 3.04. The van der Waals surface area contributed by atoms with Crippen molar-refractivity contribution in [3.63, 3.8) is 0 Å². The fourth-order valence-electron chi connectivity index (χ4n) is 1.62. The minimum atomic E-state index is 0.490. The van der Waals surface area contributed by atoms with Crippen LogP contribution < -0.4 is 22.5 Å². The van der Waals surface area contributed by atoms with E-state index in [1.165, 1.54) is 4.68 Å². The maximum atomic E-state index is 8.71. The Kier molecular flexibility index (Phi) is 3.69. The number of nitrogens with one attached hydrogen (secondary N) is 1. The van der Waals surface area contributed by atoms with Gasteiger partial charge in [-0.2, -0.15) is 10.4 Å². The summed E-state index contributed by atoms with van der Waals surface area (Å²) in [5, 5.41) is 15.5. The number of benzene rings is 1. The van der Waals surface area contributed by atoms with Crippen LogP contribution in [-0.4, -0.2) is 4.68 Å². The Labute approximate surface area is 110 Å². The first-order valence-corrected chi connectivity index (χ1v) is 5.67. The Morgan fingerprint density at radius 1 is 1.21 bits per heavy atom. The Morgan fingerprint density at radius 2 is 1.95 bits per heavy atom. The molecular weight excluding hydrogens is 240 g/mol. The van der Waals surface area contributed by atoms with Crippen LogP contribution in [0.4, 0.5) is 5.69 Å². The average molecular weight is 254 g/mol. The van der Waals surface area contributed by atoms with E-state index in [1.807, 2.05) is 18.2 Å². The monoisotopic (exact) mass is 254 g/mol. The zero-order chi connectivity index (χ0) is 13.7. The summed E-state index contributed by atoms with van der Waals surface area (Å²) in [7, 11) is 0. The summed E-state index contributed by atoms with van der Waals surface area (Å²) in [6.07, 6.45) is 1.70.